The maximum Gasteiger partial charge on any atom is 0.267 e. The molecule has 0 radical (unpaired) electrons. The van der Waals surface area contributed by atoms with Crippen LogP contribution in [0.5, 0.6) is 0 Å². The molecule has 1 fully saturated rings. The number of nitrogens with zero attached hydrogens (tertiary/aromatic N) is 2. The maximum atomic E-state index is 12.2. The number of fused-ring (bicyclic) bond motifs is 3. The van der Waals surface area contributed by atoms with E-state index in [-0.39, 0.29) is 18.0 Å². The van der Waals surface area contributed by atoms with Gasteiger partial charge in [0.2, 0.25) is 5.91 Å². The first-order valence-corrected chi connectivity index (χ1v) is 9.24. The lowest BCUT2D eigenvalue weighted by Gasteiger charge is -2.18. The third-order valence-electron chi connectivity index (χ3n) is 5.80. The van der Waals surface area contributed by atoms with Crippen molar-refractivity contribution in [2.75, 3.05) is 6.54 Å². The zero-order chi connectivity index (χ0) is 16.5. The lowest BCUT2D eigenvalue weighted by atomic mass is 9.94. The van der Waals surface area contributed by atoms with Gasteiger partial charge < -0.3 is 5.32 Å². The Labute approximate surface area is 142 Å². The first-order chi connectivity index (χ1) is 11.7. The fraction of sp³-hybridized carbons (Fsp3) is 0.632. The molecule has 5 heteroatoms. The van der Waals surface area contributed by atoms with Gasteiger partial charge in [-0.3, -0.25) is 9.59 Å². The Morgan fingerprint density at radius 3 is 2.88 bits per heavy atom. The number of hydrogen-bond donors (Lipinski definition) is 1. The second kappa shape index (κ2) is 6.54. The fourth-order valence-corrected chi connectivity index (χ4v) is 4.46. The summed E-state index contributed by atoms with van der Waals surface area (Å²) in [7, 11) is 0. The van der Waals surface area contributed by atoms with Gasteiger partial charge in [-0.25, -0.2) is 4.68 Å². The van der Waals surface area contributed by atoms with E-state index >= 15 is 0 Å². The molecule has 5 nitrogen and oxygen atoms in total. The van der Waals surface area contributed by atoms with Gasteiger partial charge in [0.05, 0.1) is 5.69 Å². The van der Waals surface area contributed by atoms with E-state index in [1.165, 1.54) is 23.9 Å². The van der Waals surface area contributed by atoms with Gasteiger partial charge in [0.15, 0.2) is 0 Å². The molecule has 1 aromatic heterocycles. The standard InChI is InChI=1S/C19H25N3O2/c23-18(20-11-16-9-13-6-7-14(16)8-13)12-22-19(24)10-15-4-2-1-3-5-17(15)21-22/h6-7,10,13-14,16H,1-5,8-9,11-12H2,(H,20,23)/t13-,14+,16-/m1/s1. The number of hydrogen-bond acceptors (Lipinski definition) is 3. The molecule has 3 atom stereocenters. The molecule has 128 valence electrons. The molecule has 3 aliphatic carbocycles. The van der Waals surface area contributed by atoms with Gasteiger partial charge in [0, 0.05) is 12.6 Å². The van der Waals surface area contributed by atoms with E-state index in [2.05, 4.69) is 22.6 Å². The van der Waals surface area contributed by atoms with Crippen molar-refractivity contribution in [3.05, 3.63) is 39.8 Å². The van der Waals surface area contributed by atoms with Crippen LogP contribution in [0.25, 0.3) is 0 Å². The highest BCUT2D eigenvalue weighted by Gasteiger charge is 2.35. The van der Waals surface area contributed by atoms with Crippen molar-refractivity contribution in [1.82, 2.24) is 15.1 Å². The lowest BCUT2D eigenvalue weighted by Crippen LogP contribution is -2.37. The van der Waals surface area contributed by atoms with Gasteiger partial charge in [-0.2, -0.15) is 5.10 Å². The maximum absolute atomic E-state index is 12.2. The largest absolute Gasteiger partial charge is 0.354 e. The summed E-state index contributed by atoms with van der Waals surface area (Å²) in [5.74, 6) is 1.79. The van der Waals surface area contributed by atoms with Gasteiger partial charge in [-0.1, -0.05) is 18.6 Å². The number of aryl methyl sites for hydroxylation is 2. The van der Waals surface area contributed by atoms with Crippen LogP contribution in [0.3, 0.4) is 0 Å². The van der Waals surface area contributed by atoms with E-state index < -0.39 is 0 Å². The Kier molecular flexibility index (Phi) is 4.25. The molecule has 1 heterocycles. The molecule has 1 aromatic rings. The van der Waals surface area contributed by atoms with Gasteiger partial charge in [-0.15, -0.1) is 0 Å². The second-order valence-corrected chi connectivity index (χ2v) is 7.52. The smallest absolute Gasteiger partial charge is 0.267 e. The number of aromatic nitrogens is 2. The van der Waals surface area contributed by atoms with E-state index in [1.807, 2.05) is 0 Å². The highest BCUT2D eigenvalue weighted by molar-refractivity contribution is 5.75. The van der Waals surface area contributed by atoms with E-state index in [1.54, 1.807) is 6.07 Å². The number of allylic oxidation sites excluding steroid dienone is 2. The monoisotopic (exact) mass is 327 g/mol. The molecule has 0 unspecified atom stereocenters. The molecule has 4 rings (SSSR count). The minimum atomic E-state index is -0.159. The Hall–Kier alpha value is -1.91. The second-order valence-electron chi connectivity index (χ2n) is 7.52. The van der Waals surface area contributed by atoms with E-state index in [0.29, 0.717) is 24.3 Å². The third-order valence-corrected chi connectivity index (χ3v) is 5.80. The summed E-state index contributed by atoms with van der Waals surface area (Å²) in [6, 6.07) is 1.68. The Morgan fingerprint density at radius 2 is 2.08 bits per heavy atom. The van der Waals surface area contributed by atoms with Crippen molar-refractivity contribution in [3.8, 4) is 0 Å². The van der Waals surface area contributed by atoms with Crippen LogP contribution in [0.2, 0.25) is 0 Å². The normalized spacial score (nSPS) is 27.8. The SMILES string of the molecule is O=C(Cn1nc2c(cc1=O)CCCCC2)NC[C@H]1C[C@@H]2C=C[C@H]1C2. The highest BCUT2D eigenvalue weighted by Crippen LogP contribution is 2.42. The first-order valence-electron chi connectivity index (χ1n) is 9.24. The summed E-state index contributed by atoms with van der Waals surface area (Å²) >= 11 is 0. The molecule has 1 amide bonds. The molecule has 3 aliphatic rings. The molecular formula is C19H25N3O2. The van der Waals surface area contributed by atoms with Crippen molar-refractivity contribution in [1.29, 1.82) is 0 Å². The summed E-state index contributed by atoms with van der Waals surface area (Å²) in [4.78, 5) is 24.4. The highest BCUT2D eigenvalue weighted by atomic mass is 16.2. The molecule has 2 bridgehead atoms. The van der Waals surface area contributed by atoms with Gasteiger partial charge in [0.25, 0.3) is 5.56 Å². The number of nitrogens with one attached hydrogen (secondary N) is 1. The van der Waals surface area contributed by atoms with Crippen LogP contribution in [-0.2, 0) is 24.2 Å². The van der Waals surface area contributed by atoms with Crippen LogP contribution in [0.1, 0.15) is 43.4 Å². The molecule has 0 aromatic carbocycles. The van der Waals surface area contributed by atoms with Gasteiger partial charge in [0.1, 0.15) is 6.54 Å². The van der Waals surface area contributed by atoms with Crippen molar-refractivity contribution in [2.45, 2.75) is 51.5 Å². The summed E-state index contributed by atoms with van der Waals surface area (Å²) < 4.78 is 1.33. The average molecular weight is 327 g/mol. The Morgan fingerprint density at radius 1 is 1.21 bits per heavy atom. The number of amides is 1. The van der Waals surface area contributed by atoms with Crippen LogP contribution < -0.4 is 10.9 Å². The summed E-state index contributed by atoms with van der Waals surface area (Å²) in [5.41, 5.74) is 1.91. The quantitative estimate of drug-likeness (QED) is 0.678. The lowest BCUT2D eigenvalue weighted by molar-refractivity contribution is -0.122. The van der Waals surface area contributed by atoms with Crippen LogP contribution >= 0.6 is 0 Å². The van der Waals surface area contributed by atoms with Crippen molar-refractivity contribution in [3.63, 3.8) is 0 Å². The molecular weight excluding hydrogens is 302 g/mol. The summed E-state index contributed by atoms with van der Waals surface area (Å²) in [5, 5.41) is 7.47. The number of rotatable bonds is 4. The van der Waals surface area contributed by atoms with Crippen LogP contribution in [0.15, 0.2) is 23.0 Å². The van der Waals surface area contributed by atoms with Crippen molar-refractivity contribution < 1.29 is 4.79 Å². The predicted octanol–water partition coefficient (Wildman–Crippen LogP) is 1.84. The molecule has 24 heavy (non-hydrogen) atoms. The first kappa shape index (κ1) is 15.6. The van der Waals surface area contributed by atoms with E-state index in [0.717, 1.165) is 36.9 Å². The van der Waals surface area contributed by atoms with E-state index in [9.17, 15) is 9.59 Å². The minimum absolute atomic E-state index is 0.0305. The summed E-state index contributed by atoms with van der Waals surface area (Å²) in [6.45, 7) is 0.743. The zero-order valence-corrected chi connectivity index (χ0v) is 14.0. The van der Waals surface area contributed by atoms with E-state index in [4.69, 9.17) is 0 Å². The molecule has 1 N–H and O–H groups in total. The average Bonchev–Trinajstić information content (AvgIpc) is 3.12. The predicted molar refractivity (Wildman–Crippen MR) is 91.6 cm³/mol. The minimum Gasteiger partial charge on any atom is -0.354 e. The van der Waals surface area contributed by atoms with Crippen LogP contribution in [0.4, 0.5) is 0 Å². The topological polar surface area (TPSA) is 64.0 Å². The Bertz CT molecular complexity index is 722. The van der Waals surface area contributed by atoms with Crippen LogP contribution in [-0.4, -0.2) is 22.2 Å². The number of carbonyl (C=O) groups is 1. The Balaban J connectivity index is 1.38. The zero-order valence-electron chi connectivity index (χ0n) is 14.0. The van der Waals surface area contributed by atoms with Gasteiger partial charge in [-0.05, 0) is 61.8 Å². The van der Waals surface area contributed by atoms with Crippen LogP contribution in [0, 0.1) is 17.8 Å². The van der Waals surface area contributed by atoms with Gasteiger partial charge >= 0.3 is 0 Å². The third kappa shape index (κ3) is 3.17. The molecule has 0 saturated heterocycles. The molecule has 0 spiro atoms. The molecule has 0 aliphatic heterocycles. The fourth-order valence-electron chi connectivity index (χ4n) is 4.46. The van der Waals surface area contributed by atoms with Crippen molar-refractivity contribution >= 4 is 5.91 Å². The molecule has 1 saturated carbocycles. The number of carbonyl (C=O) groups excluding carboxylic acids is 1. The summed E-state index contributed by atoms with van der Waals surface area (Å²) in [6.07, 6.45) is 12.3. The van der Waals surface area contributed by atoms with Crippen molar-refractivity contribution in [2.24, 2.45) is 17.8 Å².